The SMILES string of the molecule is CCNc1nnc(SCC(=O)N2C[C@H](C)O[C@@H](C)C2)s1. The van der Waals surface area contributed by atoms with E-state index in [2.05, 4.69) is 15.5 Å². The summed E-state index contributed by atoms with van der Waals surface area (Å²) in [5.74, 6) is 0.539. The number of hydrogen-bond acceptors (Lipinski definition) is 7. The molecule has 1 aliphatic heterocycles. The maximum Gasteiger partial charge on any atom is 0.233 e. The topological polar surface area (TPSA) is 67.4 Å². The quantitative estimate of drug-likeness (QED) is 0.834. The number of ether oxygens (including phenoxy) is 1. The van der Waals surface area contributed by atoms with Gasteiger partial charge in [0, 0.05) is 19.6 Å². The summed E-state index contributed by atoms with van der Waals surface area (Å²) in [6, 6.07) is 0. The summed E-state index contributed by atoms with van der Waals surface area (Å²) in [4.78, 5) is 14.1. The number of morpholine rings is 1. The van der Waals surface area contributed by atoms with E-state index >= 15 is 0 Å². The first kappa shape index (κ1) is 15.5. The standard InChI is InChI=1S/C12H20N4O2S2/c1-4-13-11-14-15-12(20-11)19-7-10(17)16-5-8(2)18-9(3)6-16/h8-9H,4-7H2,1-3H3,(H,13,14)/t8-,9-/m0/s1. The molecule has 112 valence electrons. The van der Waals surface area contributed by atoms with Gasteiger partial charge in [-0.15, -0.1) is 10.2 Å². The van der Waals surface area contributed by atoms with Gasteiger partial charge in [0.2, 0.25) is 11.0 Å². The highest BCUT2D eigenvalue weighted by Gasteiger charge is 2.25. The van der Waals surface area contributed by atoms with Crippen LogP contribution in [0.15, 0.2) is 4.34 Å². The minimum absolute atomic E-state index is 0.106. The molecule has 1 saturated heterocycles. The number of amides is 1. The molecule has 1 aliphatic rings. The first-order chi connectivity index (χ1) is 9.58. The van der Waals surface area contributed by atoms with Crippen LogP contribution in [0.4, 0.5) is 5.13 Å². The first-order valence-electron chi connectivity index (χ1n) is 6.72. The normalized spacial score (nSPS) is 22.9. The van der Waals surface area contributed by atoms with E-state index in [0.29, 0.717) is 18.8 Å². The molecule has 1 aromatic rings. The molecule has 1 N–H and O–H groups in total. The van der Waals surface area contributed by atoms with E-state index < -0.39 is 0 Å². The van der Waals surface area contributed by atoms with E-state index in [-0.39, 0.29) is 18.1 Å². The van der Waals surface area contributed by atoms with Crippen LogP contribution >= 0.6 is 23.1 Å². The van der Waals surface area contributed by atoms with E-state index in [1.54, 1.807) is 0 Å². The predicted octanol–water partition coefficient (Wildman–Crippen LogP) is 1.70. The number of nitrogens with zero attached hydrogens (tertiary/aromatic N) is 3. The van der Waals surface area contributed by atoms with Crippen molar-refractivity contribution >= 4 is 34.1 Å². The molecule has 1 aromatic heterocycles. The van der Waals surface area contributed by atoms with Crippen molar-refractivity contribution < 1.29 is 9.53 Å². The van der Waals surface area contributed by atoms with Gasteiger partial charge in [0.25, 0.3) is 0 Å². The van der Waals surface area contributed by atoms with Crippen LogP contribution in [0.1, 0.15) is 20.8 Å². The van der Waals surface area contributed by atoms with Gasteiger partial charge in [-0.3, -0.25) is 4.79 Å². The summed E-state index contributed by atoms with van der Waals surface area (Å²) >= 11 is 2.93. The Morgan fingerprint density at radius 1 is 1.45 bits per heavy atom. The van der Waals surface area contributed by atoms with Crippen molar-refractivity contribution in [2.75, 3.05) is 30.7 Å². The molecule has 20 heavy (non-hydrogen) atoms. The van der Waals surface area contributed by atoms with E-state index in [4.69, 9.17) is 4.74 Å². The molecule has 0 radical (unpaired) electrons. The third kappa shape index (κ3) is 4.32. The number of carbonyl (C=O) groups excluding carboxylic acids is 1. The third-order valence-electron chi connectivity index (χ3n) is 2.83. The minimum atomic E-state index is 0.106. The molecule has 0 saturated carbocycles. The van der Waals surface area contributed by atoms with Gasteiger partial charge in [0.05, 0.1) is 18.0 Å². The van der Waals surface area contributed by atoms with Gasteiger partial charge in [-0.25, -0.2) is 0 Å². The molecule has 0 spiro atoms. The van der Waals surface area contributed by atoms with Crippen molar-refractivity contribution in [3.63, 3.8) is 0 Å². The molecule has 2 rings (SSSR count). The molecule has 6 nitrogen and oxygen atoms in total. The average molecular weight is 316 g/mol. The second-order valence-corrected chi connectivity index (χ2v) is 6.95. The Morgan fingerprint density at radius 3 is 2.80 bits per heavy atom. The monoisotopic (exact) mass is 316 g/mol. The molecule has 0 aliphatic carbocycles. The van der Waals surface area contributed by atoms with E-state index in [1.165, 1.54) is 23.1 Å². The number of anilines is 1. The zero-order valence-electron chi connectivity index (χ0n) is 12.0. The zero-order chi connectivity index (χ0) is 14.5. The lowest BCUT2D eigenvalue weighted by atomic mass is 10.2. The molecule has 0 unspecified atom stereocenters. The average Bonchev–Trinajstić information content (AvgIpc) is 2.83. The van der Waals surface area contributed by atoms with Gasteiger partial charge in [0.1, 0.15) is 0 Å². The Balaban J connectivity index is 1.81. The van der Waals surface area contributed by atoms with Crippen LogP contribution in [-0.4, -0.2) is 58.6 Å². The molecular formula is C12H20N4O2S2. The molecule has 1 fully saturated rings. The highest BCUT2D eigenvalue weighted by Crippen LogP contribution is 2.25. The van der Waals surface area contributed by atoms with E-state index in [1.807, 2.05) is 25.7 Å². The van der Waals surface area contributed by atoms with Crippen LogP contribution in [0, 0.1) is 0 Å². The van der Waals surface area contributed by atoms with Crippen LogP contribution < -0.4 is 5.32 Å². The number of aromatic nitrogens is 2. The second-order valence-electron chi connectivity index (χ2n) is 4.75. The lowest BCUT2D eigenvalue weighted by Crippen LogP contribution is -2.48. The Hall–Kier alpha value is -0.860. The van der Waals surface area contributed by atoms with Crippen molar-refractivity contribution in [2.24, 2.45) is 0 Å². The molecule has 8 heteroatoms. The summed E-state index contributed by atoms with van der Waals surface area (Å²) in [6.07, 6.45) is 0.212. The smallest absolute Gasteiger partial charge is 0.233 e. The molecule has 2 atom stereocenters. The summed E-state index contributed by atoms with van der Waals surface area (Å²) in [5.41, 5.74) is 0. The number of hydrogen-bond donors (Lipinski definition) is 1. The van der Waals surface area contributed by atoms with Crippen molar-refractivity contribution in [1.29, 1.82) is 0 Å². The van der Waals surface area contributed by atoms with E-state index in [0.717, 1.165) is 16.0 Å². The first-order valence-corrected chi connectivity index (χ1v) is 8.52. The third-order valence-corrected chi connectivity index (χ3v) is 4.82. The Bertz CT molecular complexity index is 444. The lowest BCUT2D eigenvalue weighted by molar-refractivity contribution is -0.140. The largest absolute Gasteiger partial charge is 0.372 e. The maximum atomic E-state index is 12.2. The van der Waals surface area contributed by atoms with Gasteiger partial charge >= 0.3 is 0 Å². The number of rotatable bonds is 5. The van der Waals surface area contributed by atoms with Crippen molar-refractivity contribution in [3.8, 4) is 0 Å². The molecule has 0 bridgehead atoms. The predicted molar refractivity (Wildman–Crippen MR) is 81.4 cm³/mol. The second kappa shape index (κ2) is 7.24. The Morgan fingerprint density at radius 2 is 2.15 bits per heavy atom. The van der Waals surface area contributed by atoms with Crippen LogP contribution in [0.5, 0.6) is 0 Å². The van der Waals surface area contributed by atoms with Gasteiger partial charge in [-0.2, -0.15) is 0 Å². The van der Waals surface area contributed by atoms with Crippen LogP contribution in [-0.2, 0) is 9.53 Å². The summed E-state index contributed by atoms with van der Waals surface area (Å²) in [5, 5.41) is 12.0. The summed E-state index contributed by atoms with van der Waals surface area (Å²) in [6.45, 7) is 8.16. The molecular weight excluding hydrogens is 296 g/mol. The summed E-state index contributed by atoms with van der Waals surface area (Å²) < 4.78 is 6.45. The Labute approximate surface area is 127 Å². The van der Waals surface area contributed by atoms with Crippen LogP contribution in [0.3, 0.4) is 0 Å². The fraction of sp³-hybridized carbons (Fsp3) is 0.750. The van der Waals surface area contributed by atoms with Crippen LogP contribution in [0.2, 0.25) is 0 Å². The fourth-order valence-corrected chi connectivity index (χ4v) is 3.81. The van der Waals surface area contributed by atoms with Crippen molar-refractivity contribution in [1.82, 2.24) is 15.1 Å². The zero-order valence-corrected chi connectivity index (χ0v) is 13.6. The number of thioether (sulfide) groups is 1. The molecule has 0 aromatic carbocycles. The highest BCUT2D eigenvalue weighted by molar-refractivity contribution is 8.01. The molecule has 1 amide bonds. The van der Waals surface area contributed by atoms with Crippen LogP contribution in [0.25, 0.3) is 0 Å². The number of nitrogens with one attached hydrogen (secondary N) is 1. The van der Waals surface area contributed by atoms with Gasteiger partial charge in [0.15, 0.2) is 4.34 Å². The maximum absolute atomic E-state index is 12.2. The van der Waals surface area contributed by atoms with Gasteiger partial charge in [-0.05, 0) is 20.8 Å². The van der Waals surface area contributed by atoms with Gasteiger partial charge in [-0.1, -0.05) is 23.1 Å². The number of carbonyl (C=O) groups is 1. The van der Waals surface area contributed by atoms with Crippen molar-refractivity contribution in [3.05, 3.63) is 0 Å². The van der Waals surface area contributed by atoms with Gasteiger partial charge < -0.3 is 15.0 Å². The van der Waals surface area contributed by atoms with E-state index in [9.17, 15) is 4.79 Å². The minimum Gasteiger partial charge on any atom is -0.372 e. The fourth-order valence-electron chi connectivity index (χ4n) is 2.09. The Kier molecular flexibility index (Phi) is 5.62. The lowest BCUT2D eigenvalue weighted by Gasteiger charge is -2.35. The molecule has 2 heterocycles. The summed E-state index contributed by atoms with van der Waals surface area (Å²) in [7, 11) is 0. The van der Waals surface area contributed by atoms with Crippen molar-refractivity contribution in [2.45, 2.75) is 37.3 Å². The highest BCUT2D eigenvalue weighted by atomic mass is 32.2.